The highest BCUT2D eigenvalue weighted by Crippen LogP contribution is 2.37. The lowest BCUT2D eigenvalue weighted by molar-refractivity contribution is 0.578. The van der Waals surface area contributed by atoms with E-state index in [1.807, 2.05) is 12.1 Å². The first kappa shape index (κ1) is 17.6. The van der Waals surface area contributed by atoms with E-state index < -0.39 is 10.00 Å². The zero-order chi connectivity index (χ0) is 16.4. The summed E-state index contributed by atoms with van der Waals surface area (Å²) in [5.41, 5.74) is 1.52. The number of nitrogens with zero attached hydrogens (tertiary/aromatic N) is 2. The Labute approximate surface area is 150 Å². The zero-order valence-corrected chi connectivity index (χ0v) is 15.0. The van der Waals surface area contributed by atoms with Gasteiger partial charge in [-0.3, -0.25) is 0 Å². The molecule has 0 spiro atoms. The molecule has 22 heavy (non-hydrogen) atoms. The summed E-state index contributed by atoms with van der Waals surface area (Å²) in [6.07, 6.45) is 0. The maximum atomic E-state index is 6.45. The highest BCUT2D eigenvalue weighted by Gasteiger charge is 2.28. The lowest BCUT2D eigenvalue weighted by atomic mass is 10.1. The van der Waals surface area contributed by atoms with Crippen molar-refractivity contribution in [1.29, 1.82) is 0 Å². The van der Waals surface area contributed by atoms with Crippen molar-refractivity contribution >= 4 is 46.4 Å². The van der Waals surface area contributed by atoms with E-state index in [0.717, 1.165) is 11.1 Å². The average molecular weight is 376 g/mol. The van der Waals surface area contributed by atoms with E-state index in [1.165, 1.54) is 0 Å². The molecule has 2 aromatic carbocycles. The predicted molar refractivity (Wildman–Crippen MR) is 94.2 cm³/mol. The molecule has 0 N–H and O–H groups in total. The molecule has 116 valence electrons. The highest BCUT2D eigenvalue weighted by molar-refractivity contribution is 6.31. The van der Waals surface area contributed by atoms with Crippen molar-refractivity contribution in [3.05, 3.63) is 69.7 Å². The molecule has 0 aromatic heterocycles. The van der Waals surface area contributed by atoms with Crippen molar-refractivity contribution in [2.24, 2.45) is 10.2 Å². The van der Waals surface area contributed by atoms with E-state index in [-0.39, 0.29) is 0 Å². The van der Waals surface area contributed by atoms with Crippen molar-refractivity contribution in [2.75, 3.05) is 0 Å². The van der Waals surface area contributed by atoms with Crippen molar-refractivity contribution < 1.29 is 0 Å². The molecule has 2 nitrogen and oxygen atoms in total. The molecule has 2 unspecified atom stereocenters. The Morgan fingerprint density at radius 2 is 1.27 bits per heavy atom. The number of rotatable bonds is 4. The smallest absolute Gasteiger partial charge is 0.164 e. The quantitative estimate of drug-likeness (QED) is 0.313. The van der Waals surface area contributed by atoms with Crippen LogP contribution in [0.5, 0.6) is 0 Å². The number of benzene rings is 2. The van der Waals surface area contributed by atoms with Gasteiger partial charge in [0.05, 0.1) is 0 Å². The summed E-state index contributed by atoms with van der Waals surface area (Å²) < 4.78 is 0. The van der Waals surface area contributed by atoms with Crippen LogP contribution >= 0.6 is 46.4 Å². The van der Waals surface area contributed by atoms with E-state index in [0.29, 0.717) is 10.0 Å². The van der Waals surface area contributed by atoms with Gasteiger partial charge in [0.25, 0.3) is 0 Å². The van der Waals surface area contributed by atoms with E-state index >= 15 is 0 Å². The summed E-state index contributed by atoms with van der Waals surface area (Å²) in [4.78, 5) is -2.08. The molecule has 0 bridgehead atoms. The van der Waals surface area contributed by atoms with Gasteiger partial charge in [0.1, 0.15) is 0 Å². The standard InChI is InChI=1S/C16H14Cl4N2/c1-15(19,11-6-8-13(17)9-7-11)21-22-16(2,20)12-4-3-5-14(18)10-12/h3-10H,1-2H3/b22-21+. The number of halogens is 4. The fourth-order valence-electron chi connectivity index (χ4n) is 1.83. The van der Waals surface area contributed by atoms with Gasteiger partial charge >= 0.3 is 0 Å². The predicted octanol–water partition coefficient (Wildman–Crippen LogP) is 6.97. The average Bonchev–Trinajstić information content (AvgIpc) is 2.46. The first-order valence-corrected chi connectivity index (χ1v) is 8.06. The van der Waals surface area contributed by atoms with Gasteiger partial charge in [-0.25, -0.2) is 0 Å². The van der Waals surface area contributed by atoms with Crippen molar-refractivity contribution in [2.45, 2.75) is 23.8 Å². The number of alkyl halides is 2. The molecular weight excluding hydrogens is 362 g/mol. The minimum absolute atomic E-state index is 0.589. The Bertz CT molecular complexity index is 679. The summed E-state index contributed by atoms with van der Waals surface area (Å²) in [6.45, 7) is 3.48. The number of azo groups is 1. The Hall–Kier alpha value is -0.800. The van der Waals surface area contributed by atoms with Crippen LogP contribution in [0.2, 0.25) is 10.0 Å². The fourth-order valence-corrected chi connectivity index (χ4v) is 2.47. The van der Waals surface area contributed by atoms with Gasteiger partial charge in [-0.1, -0.05) is 70.7 Å². The fraction of sp³-hybridized carbons (Fsp3) is 0.250. The maximum Gasteiger partial charge on any atom is 0.176 e. The molecule has 0 aliphatic rings. The van der Waals surface area contributed by atoms with Gasteiger partial charge in [0.15, 0.2) is 10.00 Å². The van der Waals surface area contributed by atoms with Crippen LogP contribution in [0.4, 0.5) is 0 Å². The maximum absolute atomic E-state index is 6.45. The summed E-state index contributed by atoms with van der Waals surface area (Å²) in [7, 11) is 0. The largest absolute Gasteiger partial charge is 0.176 e. The first-order chi connectivity index (χ1) is 10.2. The second kappa shape index (κ2) is 6.76. The molecule has 0 saturated heterocycles. The van der Waals surface area contributed by atoms with Crippen LogP contribution < -0.4 is 0 Å². The summed E-state index contributed by atoms with van der Waals surface area (Å²) in [5.74, 6) is 0. The van der Waals surface area contributed by atoms with Crippen LogP contribution in [-0.2, 0) is 10.00 Å². The van der Waals surface area contributed by atoms with Gasteiger partial charge in [-0.05, 0) is 49.2 Å². The van der Waals surface area contributed by atoms with E-state index in [2.05, 4.69) is 10.2 Å². The molecular formula is C16H14Cl4N2. The summed E-state index contributed by atoms with van der Waals surface area (Å²) >= 11 is 24.8. The Morgan fingerprint density at radius 1 is 0.727 bits per heavy atom. The van der Waals surface area contributed by atoms with Crippen LogP contribution in [0.15, 0.2) is 58.8 Å². The minimum Gasteiger partial charge on any atom is -0.164 e. The van der Waals surface area contributed by atoms with Gasteiger partial charge < -0.3 is 0 Å². The Kier molecular flexibility index (Phi) is 5.39. The van der Waals surface area contributed by atoms with Crippen molar-refractivity contribution in [3.63, 3.8) is 0 Å². The normalized spacial score (nSPS) is 17.2. The van der Waals surface area contributed by atoms with E-state index in [9.17, 15) is 0 Å². The lowest BCUT2D eigenvalue weighted by Gasteiger charge is -2.21. The second-order valence-corrected chi connectivity index (χ2v) is 7.47. The third kappa shape index (κ3) is 4.36. The van der Waals surface area contributed by atoms with Gasteiger partial charge in [-0.2, -0.15) is 10.2 Å². The highest BCUT2D eigenvalue weighted by atomic mass is 35.5. The van der Waals surface area contributed by atoms with Crippen LogP contribution in [0.1, 0.15) is 25.0 Å². The van der Waals surface area contributed by atoms with E-state index in [4.69, 9.17) is 46.4 Å². The van der Waals surface area contributed by atoms with Gasteiger partial charge in [-0.15, -0.1) is 0 Å². The van der Waals surface area contributed by atoms with E-state index in [1.54, 1.807) is 50.2 Å². The molecule has 2 rings (SSSR count). The molecule has 0 fully saturated rings. The van der Waals surface area contributed by atoms with Gasteiger partial charge in [0.2, 0.25) is 0 Å². The molecule has 2 aromatic rings. The Balaban J connectivity index is 2.27. The van der Waals surface area contributed by atoms with Crippen LogP contribution in [-0.4, -0.2) is 0 Å². The molecule has 0 saturated carbocycles. The third-order valence-corrected chi connectivity index (χ3v) is 4.22. The summed E-state index contributed by atoms with van der Waals surface area (Å²) in [6, 6.07) is 14.3. The number of hydrogen-bond acceptors (Lipinski definition) is 2. The lowest BCUT2D eigenvalue weighted by Crippen LogP contribution is -2.14. The molecule has 0 aliphatic carbocycles. The topological polar surface area (TPSA) is 24.7 Å². The summed E-state index contributed by atoms with van der Waals surface area (Å²) in [5, 5.41) is 9.63. The first-order valence-electron chi connectivity index (χ1n) is 6.55. The zero-order valence-electron chi connectivity index (χ0n) is 12.0. The monoisotopic (exact) mass is 374 g/mol. The van der Waals surface area contributed by atoms with Crippen LogP contribution in [0, 0.1) is 0 Å². The third-order valence-electron chi connectivity index (χ3n) is 3.15. The SMILES string of the molecule is CC(Cl)(/N=N/C(C)(Cl)c1cccc(Cl)c1)c1ccc(Cl)cc1. The molecule has 0 radical (unpaired) electrons. The second-order valence-electron chi connectivity index (χ2n) is 5.12. The molecule has 6 heteroatoms. The van der Waals surface area contributed by atoms with Crippen molar-refractivity contribution in [1.82, 2.24) is 0 Å². The Morgan fingerprint density at radius 3 is 1.82 bits per heavy atom. The van der Waals surface area contributed by atoms with Crippen LogP contribution in [0.25, 0.3) is 0 Å². The van der Waals surface area contributed by atoms with Crippen molar-refractivity contribution in [3.8, 4) is 0 Å². The van der Waals surface area contributed by atoms with Crippen LogP contribution in [0.3, 0.4) is 0 Å². The number of hydrogen-bond donors (Lipinski definition) is 0. The molecule has 0 aliphatic heterocycles. The van der Waals surface area contributed by atoms with Gasteiger partial charge in [0, 0.05) is 10.0 Å². The molecule has 0 amide bonds. The molecule has 2 atom stereocenters. The minimum atomic E-state index is -1.05. The molecule has 0 heterocycles.